The Labute approximate surface area is 113 Å². The van der Waals surface area contributed by atoms with Gasteiger partial charge in [-0.2, -0.15) is 5.26 Å². The highest BCUT2D eigenvalue weighted by molar-refractivity contribution is 7.88. The largest absolute Gasteiger partial charge is 0.396 e. The highest BCUT2D eigenvalue weighted by Gasteiger charge is 2.16. The molecule has 0 spiro atoms. The molecule has 0 bridgehead atoms. The van der Waals surface area contributed by atoms with Crippen LogP contribution in [0.25, 0.3) is 0 Å². The van der Waals surface area contributed by atoms with Crippen molar-refractivity contribution < 1.29 is 13.5 Å². The van der Waals surface area contributed by atoms with Crippen molar-refractivity contribution >= 4 is 10.0 Å². The second kappa shape index (κ2) is 7.24. The normalized spacial score (nSPS) is 12.9. The van der Waals surface area contributed by atoms with Crippen molar-refractivity contribution in [3.8, 4) is 6.07 Å². The number of benzene rings is 1. The lowest BCUT2D eigenvalue weighted by molar-refractivity contribution is 0.270. The number of sulfonamides is 1. The van der Waals surface area contributed by atoms with E-state index in [1.165, 1.54) is 0 Å². The Morgan fingerprint density at radius 2 is 2.00 bits per heavy atom. The van der Waals surface area contributed by atoms with E-state index in [0.29, 0.717) is 24.0 Å². The van der Waals surface area contributed by atoms with Gasteiger partial charge in [0.2, 0.25) is 10.0 Å². The van der Waals surface area contributed by atoms with Crippen LogP contribution in [0.2, 0.25) is 0 Å². The highest BCUT2D eigenvalue weighted by Crippen LogP contribution is 2.09. The van der Waals surface area contributed by atoms with Gasteiger partial charge in [0.1, 0.15) is 0 Å². The molecule has 0 aromatic heterocycles. The summed E-state index contributed by atoms with van der Waals surface area (Å²) in [6, 6.07) is 8.19. The number of hydrogen-bond donors (Lipinski definition) is 2. The topological polar surface area (TPSA) is 90.2 Å². The van der Waals surface area contributed by atoms with Gasteiger partial charge >= 0.3 is 0 Å². The van der Waals surface area contributed by atoms with Gasteiger partial charge in [-0.1, -0.05) is 19.1 Å². The summed E-state index contributed by atoms with van der Waals surface area (Å²) in [7, 11) is -3.43. The molecule has 0 saturated carbocycles. The van der Waals surface area contributed by atoms with Gasteiger partial charge in [-0.3, -0.25) is 0 Å². The molecule has 1 atom stereocenters. The Morgan fingerprint density at radius 1 is 1.37 bits per heavy atom. The maximum absolute atomic E-state index is 11.9. The first-order chi connectivity index (χ1) is 9.00. The van der Waals surface area contributed by atoms with Crippen LogP contribution >= 0.6 is 0 Å². The fourth-order valence-corrected chi connectivity index (χ4v) is 3.20. The van der Waals surface area contributed by atoms with Crippen molar-refractivity contribution in [2.45, 2.75) is 31.6 Å². The van der Waals surface area contributed by atoms with E-state index in [2.05, 4.69) is 4.72 Å². The molecule has 0 amide bonds. The van der Waals surface area contributed by atoms with E-state index >= 15 is 0 Å². The smallest absolute Gasteiger partial charge is 0.216 e. The lowest BCUT2D eigenvalue weighted by Gasteiger charge is -2.15. The molecule has 0 saturated heterocycles. The van der Waals surface area contributed by atoms with Gasteiger partial charge in [0.05, 0.1) is 17.4 Å². The molecule has 0 aliphatic carbocycles. The van der Waals surface area contributed by atoms with Crippen molar-refractivity contribution in [3.63, 3.8) is 0 Å². The summed E-state index contributed by atoms with van der Waals surface area (Å²) in [6.45, 7) is 1.82. The molecule has 0 radical (unpaired) electrons. The highest BCUT2D eigenvalue weighted by atomic mass is 32.2. The summed E-state index contributed by atoms with van der Waals surface area (Å²) in [5.74, 6) is -0.124. The predicted molar refractivity (Wildman–Crippen MR) is 72.7 cm³/mol. The first-order valence-electron chi connectivity index (χ1n) is 6.10. The Bertz CT molecular complexity index is 532. The molecule has 104 valence electrons. The fraction of sp³-hybridized carbons (Fsp3) is 0.462. The summed E-state index contributed by atoms with van der Waals surface area (Å²) in [4.78, 5) is 0. The van der Waals surface area contributed by atoms with E-state index in [1.807, 2.05) is 13.0 Å². The van der Waals surface area contributed by atoms with Crippen LogP contribution in [0.4, 0.5) is 0 Å². The number of nitrogens with one attached hydrogen (secondary N) is 1. The van der Waals surface area contributed by atoms with E-state index in [1.54, 1.807) is 24.3 Å². The number of hydrogen-bond acceptors (Lipinski definition) is 4. The zero-order chi connectivity index (χ0) is 14.3. The Kier molecular flexibility index (Phi) is 5.96. The molecule has 19 heavy (non-hydrogen) atoms. The average molecular weight is 282 g/mol. The van der Waals surface area contributed by atoms with E-state index in [-0.39, 0.29) is 18.4 Å². The number of nitrogens with zero attached hydrogens (tertiary/aromatic N) is 1. The minimum Gasteiger partial charge on any atom is -0.396 e. The molecule has 6 heteroatoms. The molecular weight excluding hydrogens is 264 g/mol. The molecule has 5 nitrogen and oxygen atoms in total. The summed E-state index contributed by atoms with van der Waals surface area (Å²) in [5, 5.41) is 17.5. The number of aliphatic hydroxyl groups is 1. The molecule has 1 aromatic carbocycles. The second-order valence-electron chi connectivity index (χ2n) is 4.30. The molecule has 2 N–H and O–H groups in total. The van der Waals surface area contributed by atoms with Crippen LogP contribution in [0.5, 0.6) is 0 Å². The van der Waals surface area contributed by atoms with E-state index in [9.17, 15) is 8.42 Å². The fourth-order valence-electron chi connectivity index (χ4n) is 1.69. The number of aliphatic hydroxyl groups excluding tert-OH is 1. The third kappa shape index (κ3) is 5.39. The zero-order valence-corrected chi connectivity index (χ0v) is 11.7. The SMILES string of the molecule is CCC(CCO)NS(=O)(=O)Cc1ccc(C#N)cc1. The quantitative estimate of drug-likeness (QED) is 0.784. The first kappa shape index (κ1) is 15.6. The third-order valence-electron chi connectivity index (χ3n) is 2.76. The Balaban J connectivity index is 2.70. The Morgan fingerprint density at radius 3 is 2.47 bits per heavy atom. The van der Waals surface area contributed by atoms with E-state index in [4.69, 9.17) is 10.4 Å². The monoisotopic (exact) mass is 282 g/mol. The van der Waals surface area contributed by atoms with Gasteiger partial charge in [-0.05, 0) is 30.5 Å². The first-order valence-corrected chi connectivity index (χ1v) is 7.76. The molecule has 0 heterocycles. The van der Waals surface area contributed by atoms with Gasteiger partial charge < -0.3 is 5.11 Å². The van der Waals surface area contributed by atoms with Crippen molar-refractivity contribution in [2.75, 3.05) is 6.61 Å². The van der Waals surface area contributed by atoms with Gasteiger partial charge in [0.25, 0.3) is 0 Å². The molecular formula is C13H18N2O3S. The third-order valence-corrected chi connectivity index (χ3v) is 4.16. The summed E-state index contributed by atoms with van der Waals surface area (Å²) in [6.07, 6.45) is 1.04. The van der Waals surface area contributed by atoms with Crippen LogP contribution < -0.4 is 4.72 Å². The van der Waals surface area contributed by atoms with Crippen LogP contribution in [0.1, 0.15) is 30.9 Å². The van der Waals surface area contributed by atoms with Crippen LogP contribution in [0, 0.1) is 11.3 Å². The van der Waals surface area contributed by atoms with Crippen molar-refractivity contribution in [2.24, 2.45) is 0 Å². The van der Waals surface area contributed by atoms with Crippen LogP contribution in [-0.4, -0.2) is 26.2 Å². The van der Waals surface area contributed by atoms with Gasteiger partial charge in [-0.25, -0.2) is 13.1 Å². The second-order valence-corrected chi connectivity index (χ2v) is 6.06. The molecule has 0 aliphatic heterocycles. The summed E-state index contributed by atoms with van der Waals surface area (Å²) >= 11 is 0. The predicted octanol–water partition coefficient (Wildman–Crippen LogP) is 1.14. The van der Waals surface area contributed by atoms with Gasteiger partial charge in [0.15, 0.2) is 0 Å². The number of nitriles is 1. The molecule has 1 rings (SSSR count). The van der Waals surface area contributed by atoms with Crippen LogP contribution in [0.15, 0.2) is 24.3 Å². The van der Waals surface area contributed by atoms with Crippen molar-refractivity contribution in [1.29, 1.82) is 5.26 Å². The van der Waals surface area contributed by atoms with Crippen LogP contribution in [0.3, 0.4) is 0 Å². The zero-order valence-electron chi connectivity index (χ0n) is 10.8. The van der Waals surface area contributed by atoms with Gasteiger partial charge in [0, 0.05) is 12.6 Å². The minimum absolute atomic E-state index is 0.0438. The van der Waals surface area contributed by atoms with Crippen molar-refractivity contribution in [1.82, 2.24) is 4.72 Å². The van der Waals surface area contributed by atoms with Crippen molar-refractivity contribution in [3.05, 3.63) is 35.4 Å². The summed E-state index contributed by atoms with van der Waals surface area (Å²) in [5.41, 5.74) is 1.13. The maximum Gasteiger partial charge on any atom is 0.216 e. The summed E-state index contributed by atoms with van der Waals surface area (Å²) < 4.78 is 26.4. The molecule has 0 fully saturated rings. The van der Waals surface area contributed by atoms with E-state index in [0.717, 1.165) is 0 Å². The average Bonchev–Trinajstić information content (AvgIpc) is 2.38. The lowest BCUT2D eigenvalue weighted by Crippen LogP contribution is -2.35. The van der Waals surface area contributed by atoms with E-state index < -0.39 is 10.0 Å². The molecule has 0 aliphatic rings. The van der Waals surface area contributed by atoms with Crippen LogP contribution in [-0.2, 0) is 15.8 Å². The lowest BCUT2D eigenvalue weighted by atomic mass is 10.2. The number of rotatable bonds is 7. The molecule has 1 unspecified atom stereocenters. The van der Waals surface area contributed by atoms with Gasteiger partial charge in [-0.15, -0.1) is 0 Å². The molecule has 1 aromatic rings. The Hall–Kier alpha value is -1.42. The minimum atomic E-state index is -3.43. The maximum atomic E-state index is 11.9. The standard InChI is InChI=1S/C13H18N2O3S/c1-2-13(7-8-16)15-19(17,18)10-12-5-3-11(9-14)4-6-12/h3-6,13,15-16H,2,7-8,10H2,1H3.